The first-order valence-electron chi connectivity index (χ1n) is 14.8. The lowest BCUT2D eigenvalue weighted by Gasteiger charge is -2.50. The van der Waals surface area contributed by atoms with Gasteiger partial charge in [0.15, 0.2) is 29.3 Å². The van der Waals surface area contributed by atoms with Gasteiger partial charge in [-0.1, -0.05) is 24.6 Å². The summed E-state index contributed by atoms with van der Waals surface area (Å²) >= 11 is 1.09. The van der Waals surface area contributed by atoms with Gasteiger partial charge in [-0.15, -0.1) is 15.6 Å². The Hall–Kier alpha value is -4.12. The molecule has 0 aliphatic carbocycles. The number of hydroxylamine groups is 2. The summed E-state index contributed by atoms with van der Waals surface area (Å²) in [5.41, 5.74) is 8.98. The molecule has 0 saturated carbocycles. The van der Waals surface area contributed by atoms with Crippen molar-refractivity contribution in [1.82, 2.24) is 15.4 Å². The monoisotopic (exact) mass is 673 g/mol. The minimum absolute atomic E-state index is 0.0382. The Morgan fingerprint density at radius 2 is 2.07 bits per heavy atom. The molecule has 5 rings (SSSR count). The van der Waals surface area contributed by atoms with Gasteiger partial charge in [-0.05, 0) is 62.4 Å². The van der Waals surface area contributed by atoms with E-state index < -0.39 is 33.8 Å². The molecular formula is C30H37N6O8S2+. The highest BCUT2D eigenvalue weighted by molar-refractivity contribution is 7.80. The fourth-order valence-electron chi connectivity index (χ4n) is 5.37. The molecule has 2 atom stereocenters. The van der Waals surface area contributed by atoms with Gasteiger partial charge in [0.2, 0.25) is 0 Å². The van der Waals surface area contributed by atoms with Crippen molar-refractivity contribution in [3.63, 3.8) is 0 Å². The highest BCUT2D eigenvalue weighted by Gasteiger charge is 2.58. The average Bonchev–Trinajstić information content (AvgIpc) is 3.44. The molecule has 4 N–H and O–H groups in total. The van der Waals surface area contributed by atoms with Crippen molar-refractivity contribution in [3.8, 4) is 16.9 Å². The maximum absolute atomic E-state index is 13.3. The maximum atomic E-state index is 13.3. The standard InChI is InChI=1S/C30H36N6O8S2/c1-5-6-7-21-11-8-20(15-35(21)4)18-10-13-24-19(14-18)9-12-22(43-24)16-42-34-25(23-17-45-29(31)32-23)27(37)33-26-28(38)36(30(26,2)3)44-46(39,40)41/h8,10-11,13-15,17,22,26H,5-7,9,12,16H2,1-4H3,(H3-,31,32,33,37,39,40,41)/p+1/b34-25-/t22-,26+/m0/s1. The highest BCUT2D eigenvalue weighted by atomic mass is 32.3. The zero-order valence-electron chi connectivity index (χ0n) is 25.9. The number of fused-ring (bicyclic) bond motifs is 1. The summed E-state index contributed by atoms with van der Waals surface area (Å²) in [4.78, 5) is 35.5. The molecule has 2 aliphatic rings. The first-order chi connectivity index (χ1) is 21.8. The van der Waals surface area contributed by atoms with E-state index in [2.05, 4.69) is 62.7 Å². The number of ether oxygens (including phenoxy) is 1. The number of hydrogen-bond acceptors (Lipinski definition) is 11. The van der Waals surface area contributed by atoms with E-state index in [1.807, 2.05) is 12.1 Å². The molecule has 246 valence electrons. The summed E-state index contributed by atoms with van der Waals surface area (Å²) in [5.74, 6) is -0.939. The van der Waals surface area contributed by atoms with Crippen LogP contribution in [-0.2, 0) is 49.0 Å². The second-order valence-electron chi connectivity index (χ2n) is 11.7. The number of benzene rings is 1. The molecule has 1 fully saturated rings. The van der Waals surface area contributed by atoms with Gasteiger partial charge in [0.1, 0.15) is 30.6 Å². The maximum Gasteiger partial charge on any atom is 0.418 e. The van der Waals surface area contributed by atoms with Crippen molar-refractivity contribution in [1.29, 1.82) is 0 Å². The molecule has 2 amide bonds. The summed E-state index contributed by atoms with van der Waals surface area (Å²) in [6, 6.07) is 9.27. The van der Waals surface area contributed by atoms with Crippen molar-refractivity contribution < 1.29 is 41.0 Å². The summed E-state index contributed by atoms with van der Waals surface area (Å²) in [7, 11) is -2.87. The van der Waals surface area contributed by atoms with Crippen LogP contribution in [0.4, 0.5) is 5.13 Å². The molecule has 46 heavy (non-hydrogen) atoms. The largest absolute Gasteiger partial charge is 0.486 e. The molecule has 4 heterocycles. The Kier molecular flexibility index (Phi) is 9.62. The number of nitrogens with two attached hydrogens (primary N) is 1. The van der Waals surface area contributed by atoms with Gasteiger partial charge in [0, 0.05) is 23.4 Å². The van der Waals surface area contributed by atoms with Gasteiger partial charge in [-0.3, -0.25) is 14.1 Å². The number of anilines is 1. The summed E-state index contributed by atoms with van der Waals surface area (Å²) in [6.07, 6.45) is 6.61. The predicted octanol–water partition coefficient (Wildman–Crippen LogP) is 2.51. The van der Waals surface area contributed by atoms with E-state index in [0.29, 0.717) is 11.5 Å². The number of oxime groups is 1. The average molecular weight is 674 g/mol. The van der Waals surface area contributed by atoms with E-state index in [9.17, 15) is 18.0 Å². The molecule has 16 heteroatoms. The fraction of sp³-hybridized carbons (Fsp3) is 0.433. The van der Waals surface area contributed by atoms with Gasteiger partial charge in [-0.25, -0.2) is 9.55 Å². The molecule has 0 unspecified atom stereocenters. The van der Waals surface area contributed by atoms with Crippen LogP contribution in [0.15, 0.2) is 47.1 Å². The number of nitrogen functional groups attached to an aromatic ring is 1. The zero-order valence-corrected chi connectivity index (χ0v) is 27.6. The molecule has 3 aromatic rings. The van der Waals surface area contributed by atoms with E-state index in [0.717, 1.165) is 59.5 Å². The minimum Gasteiger partial charge on any atom is -0.486 e. The van der Waals surface area contributed by atoms with Crippen LogP contribution in [0.2, 0.25) is 0 Å². The molecule has 0 spiro atoms. The molecule has 14 nitrogen and oxygen atoms in total. The highest BCUT2D eigenvalue weighted by Crippen LogP contribution is 2.34. The lowest BCUT2D eigenvalue weighted by Crippen LogP contribution is -2.76. The molecule has 1 saturated heterocycles. The second-order valence-corrected chi connectivity index (χ2v) is 13.6. The number of aromatic nitrogens is 2. The number of unbranched alkanes of at least 4 members (excludes halogenated alkanes) is 1. The number of nitrogens with one attached hydrogen (secondary N) is 1. The van der Waals surface area contributed by atoms with Gasteiger partial charge in [0.25, 0.3) is 11.8 Å². The predicted molar refractivity (Wildman–Crippen MR) is 169 cm³/mol. The van der Waals surface area contributed by atoms with E-state index >= 15 is 0 Å². The quantitative estimate of drug-likeness (QED) is 0.0848. The van der Waals surface area contributed by atoms with Crippen molar-refractivity contribution in [2.75, 3.05) is 12.3 Å². The zero-order chi connectivity index (χ0) is 33.2. The van der Waals surface area contributed by atoms with E-state index in [1.165, 1.54) is 24.9 Å². The molecule has 0 radical (unpaired) electrons. The molecular weight excluding hydrogens is 636 g/mol. The van der Waals surface area contributed by atoms with Crippen LogP contribution >= 0.6 is 11.3 Å². The van der Waals surface area contributed by atoms with Gasteiger partial charge < -0.3 is 20.6 Å². The fourth-order valence-corrected chi connectivity index (χ4v) is 6.38. The Labute approximate surface area is 271 Å². The van der Waals surface area contributed by atoms with Gasteiger partial charge in [0.05, 0.1) is 5.54 Å². The number of aryl methyl sites for hydroxylation is 3. The normalized spacial score (nSPS) is 19.2. The SMILES string of the molecule is CCCCc1ccc(-c2ccc3c(c2)CC[C@@H](CO/N=C(\C(=O)N[C@@H]2C(=O)N(OS(=O)(=O)O)C2(C)C)c2csc(N)n2)O3)c[n+]1C. The van der Waals surface area contributed by atoms with Crippen LogP contribution in [0.5, 0.6) is 5.75 Å². The lowest BCUT2D eigenvalue weighted by molar-refractivity contribution is -0.678. The number of thiazole rings is 1. The third-order valence-electron chi connectivity index (χ3n) is 7.97. The van der Waals surface area contributed by atoms with Crippen molar-refractivity contribution >= 4 is 44.4 Å². The van der Waals surface area contributed by atoms with Gasteiger partial charge in [-0.2, -0.15) is 13.5 Å². The van der Waals surface area contributed by atoms with E-state index in [1.54, 1.807) is 0 Å². The number of nitrogens with zero attached hydrogens (tertiary/aromatic N) is 4. The van der Waals surface area contributed by atoms with Crippen LogP contribution in [0, 0.1) is 0 Å². The third kappa shape index (κ3) is 7.30. The van der Waals surface area contributed by atoms with Crippen molar-refractivity contribution in [2.24, 2.45) is 12.2 Å². The Balaban J connectivity index is 1.23. The van der Waals surface area contributed by atoms with Crippen molar-refractivity contribution in [3.05, 3.63) is 58.9 Å². The first kappa shape index (κ1) is 33.2. The topological polar surface area (TPSA) is 187 Å². The van der Waals surface area contributed by atoms with Crippen LogP contribution in [0.25, 0.3) is 11.1 Å². The number of pyridine rings is 1. The number of hydrogen-bond donors (Lipinski definition) is 3. The minimum atomic E-state index is -4.95. The number of β-lactam (4-membered cyclic amide) rings is 1. The van der Waals surface area contributed by atoms with Crippen LogP contribution in [0.3, 0.4) is 0 Å². The van der Waals surface area contributed by atoms with Gasteiger partial charge >= 0.3 is 10.4 Å². The van der Waals surface area contributed by atoms with Crippen LogP contribution < -0.4 is 20.4 Å². The van der Waals surface area contributed by atoms with E-state index in [-0.39, 0.29) is 29.2 Å². The molecule has 2 aliphatic heterocycles. The number of carbonyl (C=O) groups is 2. The third-order valence-corrected chi connectivity index (χ3v) is 8.98. The summed E-state index contributed by atoms with van der Waals surface area (Å²) in [5, 5.41) is 8.71. The summed E-state index contributed by atoms with van der Waals surface area (Å²) in [6.45, 7) is 5.12. The van der Waals surface area contributed by atoms with E-state index in [4.69, 9.17) is 19.9 Å². The number of rotatable bonds is 12. The van der Waals surface area contributed by atoms with Crippen molar-refractivity contribution in [2.45, 2.75) is 70.6 Å². The first-order valence-corrected chi connectivity index (χ1v) is 17.0. The summed E-state index contributed by atoms with van der Waals surface area (Å²) < 4.78 is 43.9. The Morgan fingerprint density at radius 3 is 2.72 bits per heavy atom. The second kappa shape index (κ2) is 13.3. The molecule has 1 aromatic carbocycles. The lowest BCUT2D eigenvalue weighted by atomic mass is 9.84. The number of carbonyl (C=O) groups excluding carboxylic acids is 2. The molecule has 2 aromatic heterocycles. The Bertz CT molecular complexity index is 1770. The number of amides is 2. The smallest absolute Gasteiger partial charge is 0.418 e. The van der Waals surface area contributed by atoms with Crippen LogP contribution in [-0.4, -0.2) is 64.8 Å². The molecule has 0 bridgehead atoms. The van der Waals surface area contributed by atoms with Crippen LogP contribution in [0.1, 0.15) is 57.0 Å². The Morgan fingerprint density at radius 1 is 1.30 bits per heavy atom.